The van der Waals surface area contributed by atoms with Gasteiger partial charge in [0.15, 0.2) is 0 Å². The van der Waals surface area contributed by atoms with Gasteiger partial charge in [-0.15, -0.1) is 11.8 Å². The van der Waals surface area contributed by atoms with Gasteiger partial charge in [-0.1, -0.05) is 41.9 Å². The highest BCUT2D eigenvalue weighted by atomic mass is 35.5. The van der Waals surface area contributed by atoms with Crippen LogP contribution >= 0.6 is 23.4 Å². The second-order valence-corrected chi connectivity index (χ2v) is 6.17. The third kappa shape index (κ3) is 4.52. The number of thioether (sulfide) groups is 1. The Morgan fingerprint density at radius 1 is 1.32 bits per heavy atom. The molecule has 0 aliphatic heterocycles. The molecule has 1 unspecified atom stereocenters. The van der Waals surface area contributed by atoms with E-state index in [9.17, 15) is 4.79 Å². The Bertz CT molecular complexity index is 698. The number of nitrogens with one attached hydrogen (secondary N) is 1. The maximum absolute atomic E-state index is 12.0. The maximum Gasteiger partial charge on any atom is 0.230 e. The molecule has 0 saturated heterocycles. The van der Waals surface area contributed by atoms with E-state index in [1.165, 1.54) is 11.8 Å². The molecule has 0 fully saturated rings. The van der Waals surface area contributed by atoms with Crippen LogP contribution in [-0.4, -0.2) is 11.7 Å². The summed E-state index contributed by atoms with van der Waals surface area (Å²) in [6.07, 6.45) is 0. The molecule has 0 spiro atoms. The minimum atomic E-state index is -0.0539. The third-order valence-electron chi connectivity index (χ3n) is 3.10. The Hall–Kier alpha value is -1.96. The highest BCUT2D eigenvalue weighted by Gasteiger charge is 2.10. The van der Waals surface area contributed by atoms with Crippen LogP contribution in [0.25, 0.3) is 0 Å². The molecule has 1 amide bonds. The Morgan fingerprint density at radius 2 is 2.05 bits per heavy atom. The molecule has 1 N–H and O–H groups in total. The van der Waals surface area contributed by atoms with Crippen molar-refractivity contribution in [2.24, 2.45) is 0 Å². The molecule has 0 aromatic heterocycles. The van der Waals surface area contributed by atoms with E-state index < -0.39 is 0 Å². The van der Waals surface area contributed by atoms with Gasteiger partial charge >= 0.3 is 0 Å². The van der Waals surface area contributed by atoms with Gasteiger partial charge in [0.05, 0.1) is 28.5 Å². The molecular formula is C17H15ClN2OS. The van der Waals surface area contributed by atoms with E-state index in [-0.39, 0.29) is 17.7 Å². The highest BCUT2D eigenvalue weighted by Crippen LogP contribution is 2.27. The standard InChI is InChI=1S/C17H15ClN2OS/c1-12(14-5-3-2-4-6-14)20-17(21)11-22-16-8-7-13(10-19)9-15(16)18/h2-9,12H,11H2,1H3,(H,20,21). The minimum Gasteiger partial charge on any atom is -0.349 e. The first kappa shape index (κ1) is 16.4. The smallest absolute Gasteiger partial charge is 0.230 e. The molecule has 2 aromatic rings. The number of hydrogen-bond donors (Lipinski definition) is 1. The largest absolute Gasteiger partial charge is 0.349 e. The molecule has 0 aliphatic carbocycles. The molecule has 5 heteroatoms. The average Bonchev–Trinajstić information content (AvgIpc) is 2.54. The van der Waals surface area contributed by atoms with E-state index in [1.54, 1.807) is 18.2 Å². The molecule has 0 heterocycles. The monoisotopic (exact) mass is 330 g/mol. The van der Waals surface area contributed by atoms with Crippen molar-refractivity contribution in [3.63, 3.8) is 0 Å². The lowest BCUT2D eigenvalue weighted by molar-refractivity contribution is -0.119. The van der Waals surface area contributed by atoms with Crippen LogP contribution in [-0.2, 0) is 4.79 Å². The van der Waals surface area contributed by atoms with E-state index in [4.69, 9.17) is 16.9 Å². The molecule has 2 rings (SSSR count). The van der Waals surface area contributed by atoms with Crippen molar-refractivity contribution in [3.8, 4) is 6.07 Å². The lowest BCUT2D eigenvalue weighted by atomic mass is 10.1. The fourth-order valence-electron chi connectivity index (χ4n) is 1.94. The van der Waals surface area contributed by atoms with E-state index >= 15 is 0 Å². The highest BCUT2D eigenvalue weighted by molar-refractivity contribution is 8.00. The topological polar surface area (TPSA) is 52.9 Å². The summed E-state index contributed by atoms with van der Waals surface area (Å²) in [5.41, 5.74) is 1.58. The van der Waals surface area contributed by atoms with E-state index in [0.717, 1.165) is 10.5 Å². The van der Waals surface area contributed by atoms with Crippen LogP contribution in [0.15, 0.2) is 53.4 Å². The zero-order valence-electron chi connectivity index (χ0n) is 12.0. The summed E-state index contributed by atoms with van der Waals surface area (Å²) in [5.74, 6) is 0.227. The molecule has 2 aromatic carbocycles. The molecule has 0 aliphatic rings. The summed E-state index contributed by atoms with van der Waals surface area (Å²) >= 11 is 7.45. The Balaban J connectivity index is 1.89. The predicted octanol–water partition coefficient (Wildman–Crippen LogP) is 4.18. The van der Waals surface area contributed by atoms with Crippen LogP contribution < -0.4 is 5.32 Å². The number of amides is 1. The first-order chi connectivity index (χ1) is 10.6. The van der Waals surface area contributed by atoms with Gasteiger partial charge in [0.1, 0.15) is 0 Å². The van der Waals surface area contributed by atoms with Gasteiger partial charge in [-0.25, -0.2) is 0 Å². The van der Waals surface area contributed by atoms with Gasteiger partial charge in [-0.2, -0.15) is 5.26 Å². The summed E-state index contributed by atoms with van der Waals surface area (Å²) in [4.78, 5) is 12.8. The number of hydrogen-bond acceptors (Lipinski definition) is 3. The molecule has 0 bridgehead atoms. The lowest BCUT2D eigenvalue weighted by Crippen LogP contribution is -2.28. The van der Waals surface area contributed by atoms with Gasteiger partial charge < -0.3 is 5.32 Å². The van der Waals surface area contributed by atoms with Crippen LogP contribution in [0.2, 0.25) is 5.02 Å². The summed E-state index contributed by atoms with van der Waals surface area (Å²) in [6, 6.07) is 16.9. The van der Waals surface area contributed by atoms with Crippen molar-refractivity contribution in [2.75, 3.05) is 5.75 Å². The van der Waals surface area contributed by atoms with Crippen molar-refractivity contribution in [2.45, 2.75) is 17.9 Å². The van der Waals surface area contributed by atoms with Gasteiger partial charge in [0, 0.05) is 4.90 Å². The number of carbonyl (C=O) groups excluding carboxylic acids is 1. The maximum atomic E-state index is 12.0. The van der Waals surface area contributed by atoms with Gasteiger partial charge in [-0.3, -0.25) is 4.79 Å². The fraction of sp³-hybridized carbons (Fsp3) is 0.176. The SMILES string of the molecule is CC(NC(=O)CSc1ccc(C#N)cc1Cl)c1ccccc1. The number of halogens is 1. The lowest BCUT2D eigenvalue weighted by Gasteiger charge is -2.14. The molecule has 22 heavy (non-hydrogen) atoms. The normalized spacial score (nSPS) is 11.5. The van der Waals surface area contributed by atoms with Crippen molar-refractivity contribution in [3.05, 3.63) is 64.7 Å². The predicted molar refractivity (Wildman–Crippen MR) is 89.9 cm³/mol. The van der Waals surface area contributed by atoms with E-state index in [2.05, 4.69) is 5.32 Å². The number of carbonyl (C=O) groups is 1. The van der Waals surface area contributed by atoms with Crippen LogP contribution in [0.5, 0.6) is 0 Å². The van der Waals surface area contributed by atoms with Crippen LogP contribution in [0, 0.1) is 11.3 Å². The Morgan fingerprint density at radius 3 is 2.68 bits per heavy atom. The molecule has 112 valence electrons. The number of nitrogens with zero attached hydrogens (tertiary/aromatic N) is 1. The van der Waals surface area contributed by atoms with E-state index in [1.807, 2.05) is 43.3 Å². The van der Waals surface area contributed by atoms with Gasteiger partial charge in [0.25, 0.3) is 0 Å². The first-order valence-electron chi connectivity index (χ1n) is 6.77. The summed E-state index contributed by atoms with van der Waals surface area (Å²) in [5, 5.41) is 12.2. The summed E-state index contributed by atoms with van der Waals surface area (Å²) < 4.78 is 0. The molecule has 0 saturated carbocycles. The number of nitriles is 1. The molecular weight excluding hydrogens is 316 g/mol. The van der Waals surface area contributed by atoms with Crippen LogP contribution in [0.4, 0.5) is 0 Å². The first-order valence-corrected chi connectivity index (χ1v) is 8.13. The average molecular weight is 331 g/mol. The zero-order chi connectivity index (χ0) is 15.9. The van der Waals surface area contributed by atoms with E-state index in [0.29, 0.717) is 10.6 Å². The van der Waals surface area contributed by atoms with Crippen LogP contribution in [0.3, 0.4) is 0 Å². The Labute approximate surface area is 139 Å². The fourth-order valence-corrected chi connectivity index (χ4v) is 3.01. The quantitative estimate of drug-likeness (QED) is 0.837. The zero-order valence-corrected chi connectivity index (χ0v) is 13.6. The summed E-state index contributed by atoms with van der Waals surface area (Å²) in [6.45, 7) is 1.95. The number of benzene rings is 2. The second-order valence-electron chi connectivity index (χ2n) is 4.75. The summed E-state index contributed by atoms with van der Waals surface area (Å²) in [7, 11) is 0. The molecule has 1 atom stereocenters. The van der Waals surface area contributed by atoms with Gasteiger partial charge in [0.2, 0.25) is 5.91 Å². The third-order valence-corrected chi connectivity index (χ3v) is 4.60. The van der Waals surface area contributed by atoms with Crippen molar-refractivity contribution < 1.29 is 4.79 Å². The van der Waals surface area contributed by atoms with Gasteiger partial charge in [-0.05, 0) is 30.7 Å². The number of rotatable bonds is 5. The van der Waals surface area contributed by atoms with Crippen molar-refractivity contribution in [1.82, 2.24) is 5.32 Å². The van der Waals surface area contributed by atoms with Crippen LogP contribution in [0.1, 0.15) is 24.1 Å². The van der Waals surface area contributed by atoms with Crippen molar-refractivity contribution >= 4 is 29.3 Å². The molecule has 3 nitrogen and oxygen atoms in total. The Kier molecular flexibility index (Phi) is 5.88. The molecule has 0 radical (unpaired) electrons. The minimum absolute atomic E-state index is 0.0364. The second kappa shape index (κ2) is 7.88. The van der Waals surface area contributed by atoms with Crippen molar-refractivity contribution in [1.29, 1.82) is 5.26 Å².